The number of nitrogens with zero attached hydrogens (tertiary/aromatic N) is 1. The third kappa shape index (κ3) is 3.05. The first kappa shape index (κ1) is 15.1. The highest BCUT2D eigenvalue weighted by molar-refractivity contribution is 7.89. The van der Waals surface area contributed by atoms with E-state index in [1.54, 1.807) is 0 Å². The van der Waals surface area contributed by atoms with E-state index >= 15 is 0 Å². The topological polar surface area (TPSA) is 74.7 Å². The number of thiophene rings is 1. The normalized spacial score (nSPS) is 21.5. The van der Waals surface area contributed by atoms with Crippen LogP contribution in [0.2, 0.25) is 8.67 Å². The van der Waals surface area contributed by atoms with Crippen LogP contribution in [-0.4, -0.2) is 36.9 Å². The maximum atomic E-state index is 12.4. The third-order valence-corrected chi connectivity index (χ3v) is 6.59. The van der Waals surface area contributed by atoms with Crippen LogP contribution in [0, 0.1) is 5.92 Å². The van der Waals surface area contributed by atoms with Crippen LogP contribution in [0.25, 0.3) is 0 Å². The Kier molecular flexibility index (Phi) is 4.42. The molecule has 1 atom stereocenters. The number of carboxylic acids is 1. The summed E-state index contributed by atoms with van der Waals surface area (Å²) in [6, 6.07) is 1.30. The van der Waals surface area contributed by atoms with Crippen molar-refractivity contribution < 1.29 is 18.3 Å². The molecule has 0 radical (unpaired) electrons. The van der Waals surface area contributed by atoms with Gasteiger partial charge in [-0.25, -0.2) is 8.42 Å². The second-order valence-electron chi connectivity index (χ2n) is 4.23. The zero-order valence-corrected chi connectivity index (χ0v) is 12.8. The molecule has 2 heterocycles. The number of piperidine rings is 1. The molecule has 1 N–H and O–H groups in total. The lowest BCUT2D eigenvalue weighted by molar-refractivity contribution is -0.142. The van der Waals surface area contributed by atoms with Crippen LogP contribution < -0.4 is 0 Å². The molecule has 2 rings (SSSR count). The lowest BCUT2D eigenvalue weighted by atomic mass is 10.0. The van der Waals surface area contributed by atoms with Crippen molar-refractivity contribution in [2.24, 2.45) is 5.92 Å². The van der Waals surface area contributed by atoms with Gasteiger partial charge in [0, 0.05) is 13.1 Å². The Morgan fingerprint density at radius 2 is 2.16 bits per heavy atom. The predicted molar refractivity (Wildman–Crippen MR) is 73.5 cm³/mol. The van der Waals surface area contributed by atoms with Gasteiger partial charge in [0.05, 0.1) is 10.3 Å². The number of carboxylic acid groups (broad SMARTS) is 1. The molecule has 1 aromatic rings. The van der Waals surface area contributed by atoms with Crippen LogP contribution in [0.5, 0.6) is 0 Å². The van der Waals surface area contributed by atoms with E-state index < -0.39 is 21.9 Å². The van der Waals surface area contributed by atoms with E-state index in [4.69, 9.17) is 28.3 Å². The van der Waals surface area contributed by atoms with E-state index in [0.717, 1.165) is 11.3 Å². The average molecular weight is 344 g/mol. The Hall–Kier alpha value is -0.340. The van der Waals surface area contributed by atoms with Crippen molar-refractivity contribution in [2.75, 3.05) is 13.1 Å². The molecule has 1 fully saturated rings. The molecule has 106 valence electrons. The fourth-order valence-electron chi connectivity index (χ4n) is 2.00. The lowest BCUT2D eigenvalue weighted by Gasteiger charge is -2.29. The number of halogens is 2. The van der Waals surface area contributed by atoms with Gasteiger partial charge in [0.2, 0.25) is 10.0 Å². The number of sulfonamides is 1. The van der Waals surface area contributed by atoms with Crippen molar-refractivity contribution in [3.8, 4) is 0 Å². The number of hydrogen-bond acceptors (Lipinski definition) is 4. The summed E-state index contributed by atoms with van der Waals surface area (Å²) < 4.78 is 26.3. The van der Waals surface area contributed by atoms with E-state index in [0.29, 0.717) is 19.4 Å². The van der Waals surface area contributed by atoms with Crippen molar-refractivity contribution in [3.05, 3.63) is 14.7 Å². The number of aliphatic carboxylic acids is 1. The average Bonchev–Trinajstić information content (AvgIpc) is 2.69. The highest BCUT2D eigenvalue weighted by Crippen LogP contribution is 2.36. The van der Waals surface area contributed by atoms with Crippen LogP contribution >= 0.6 is 34.5 Å². The quantitative estimate of drug-likeness (QED) is 0.914. The van der Waals surface area contributed by atoms with Gasteiger partial charge in [-0.2, -0.15) is 4.31 Å². The van der Waals surface area contributed by atoms with Crippen LogP contribution in [0.3, 0.4) is 0 Å². The summed E-state index contributed by atoms with van der Waals surface area (Å²) in [5.74, 6) is -1.65. The number of carbonyl (C=O) groups is 1. The minimum absolute atomic E-state index is 0.0263. The van der Waals surface area contributed by atoms with Crippen molar-refractivity contribution in [3.63, 3.8) is 0 Å². The first-order valence-corrected chi connectivity index (χ1v) is 8.51. The molecular weight excluding hydrogens is 333 g/mol. The Morgan fingerprint density at radius 3 is 2.68 bits per heavy atom. The van der Waals surface area contributed by atoms with Gasteiger partial charge in [0.15, 0.2) is 0 Å². The summed E-state index contributed by atoms with van der Waals surface area (Å²) >= 11 is 12.6. The van der Waals surface area contributed by atoms with Crippen LogP contribution in [0.4, 0.5) is 0 Å². The molecule has 0 bridgehead atoms. The minimum atomic E-state index is -3.77. The van der Waals surface area contributed by atoms with Crippen LogP contribution in [-0.2, 0) is 14.8 Å². The Bertz CT molecular complexity index is 599. The first-order valence-electron chi connectivity index (χ1n) is 5.50. The molecule has 19 heavy (non-hydrogen) atoms. The van der Waals surface area contributed by atoms with Crippen molar-refractivity contribution >= 4 is 50.5 Å². The molecule has 1 saturated heterocycles. The van der Waals surface area contributed by atoms with Crippen LogP contribution in [0.1, 0.15) is 12.8 Å². The van der Waals surface area contributed by atoms with Gasteiger partial charge in [-0.05, 0) is 18.9 Å². The van der Waals surface area contributed by atoms with E-state index in [1.165, 1.54) is 10.4 Å². The molecule has 9 heteroatoms. The number of rotatable bonds is 3. The molecule has 5 nitrogen and oxygen atoms in total. The van der Waals surface area contributed by atoms with Gasteiger partial charge in [-0.3, -0.25) is 4.79 Å². The fraction of sp³-hybridized carbons (Fsp3) is 0.500. The molecule has 0 spiro atoms. The largest absolute Gasteiger partial charge is 0.481 e. The molecule has 0 unspecified atom stereocenters. The maximum Gasteiger partial charge on any atom is 0.307 e. The standard InChI is InChI=1S/C10H11Cl2NO4S2/c11-8-4-7(9(12)18-8)19(16,17)13-3-1-2-6(5-13)10(14)15/h4,6H,1-3,5H2,(H,14,15)/t6-/m0/s1. The summed E-state index contributed by atoms with van der Waals surface area (Å²) in [7, 11) is -3.77. The molecule has 1 aliphatic heterocycles. The van der Waals surface area contributed by atoms with Gasteiger partial charge in [-0.1, -0.05) is 23.2 Å². The van der Waals surface area contributed by atoms with Crippen molar-refractivity contribution in [1.29, 1.82) is 0 Å². The number of hydrogen-bond donors (Lipinski definition) is 1. The second-order valence-corrected chi connectivity index (χ2v) is 8.42. The van der Waals surface area contributed by atoms with Crippen LogP contribution in [0.15, 0.2) is 11.0 Å². The lowest BCUT2D eigenvalue weighted by Crippen LogP contribution is -2.42. The van der Waals surface area contributed by atoms with Gasteiger partial charge in [0.25, 0.3) is 0 Å². The third-order valence-electron chi connectivity index (χ3n) is 2.98. The first-order chi connectivity index (χ1) is 8.82. The highest BCUT2D eigenvalue weighted by Gasteiger charge is 2.35. The van der Waals surface area contributed by atoms with Crippen molar-refractivity contribution in [2.45, 2.75) is 17.7 Å². The Morgan fingerprint density at radius 1 is 1.47 bits per heavy atom. The summed E-state index contributed by atoms with van der Waals surface area (Å²) in [6.45, 7) is 0.275. The van der Waals surface area contributed by atoms with E-state index in [1.807, 2.05) is 0 Å². The SMILES string of the molecule is O=C(O)[C@H]1CCCN(S(=O)(=O)c2cc(Cl)sc2Cl)C1. The molecule has 0 amide bonds. The second kappa shape index (κ2) is 5.57. The molecule has 0 saturated carbocycles. The van der Waals surface area contributed by atoms with E-state index in [9.17, 15) is 13.2 Å². The molecular formula is C10H11Cl2NO4S2. The Balaban J connectivity index is 2.29. The summed E-state index contributed by atoms with van der Waals surface area (Å²) in [6.07, 6.45) is 1.01. The van der Waals surface area contributed by atoms with E-state index in [-0.39, 0.29) is 20.1 Å². The molecule has 0 aliphatic carbocycles. The monoisotopic (exact) mass is 343 g/mol. The van der Waals surface area contributed by atoms with Gasteiger partial charge in [-0.15, -0.1) is 11.3 Å². The summed E-state index contributed by atoms with van der Waals surface area (Å²) in [5, 5.41) is 8.98. The fourth-order valence-corrected chi connectivity index (χ4v) is 5.64. The predicted octanol–water partition coefficient (Wildman–Crippen LogP) is 2.54. The summed E-state index contributed by atoms with van der Waals surface area (Å²) in [4.78, 5) is 10.9. The van der Waals surface area contributed by atoms with Gasteiger partial charge in [0.1, 0.15) is 9.23 Å². The Labute approximate surface area is 124 Å². The zero-order valence-electron chi connectivity index (χ0n) is 9.67. The summed E-state index contributed by atoms with van der Waals surface area (Å²) in [5.41, 5.74) is 0. The smallest absolute Gasteiger partial charge is 0.307 e. The highest BCUT2D eigenvalue weighted by atomic mass is 35.5. The zero-order chi connectivity index (χ0) is 14.2. The van der Waals surface area contributed by atoms with Crippen molar-refractivity contribution in [1.82, 2.24) is 4.31 Å². The maximum absolute atomic E-state index is 12.4. The minimum Gasteiger partial charge on any atom is -0.481 e. The van der Waals surface area contributed by atoms with E-state index in [2.05, 4.69) is 0 Å². The molecule has 0 aromatic carbocycles. The van der Waals surface area contributed by atoms with Gasteiger partial charge >= 0.3 is 5.97 Å². The van der Waals surface area contributed by atoms with Gasteiger partial charge < -0.3 is 5.11 Å². The molecule has 1 aliphatic rings. The molecule has 1 aromatic heterocycles.